The lowest BCUT2D eigenvalue weighted by Gasteiger charge is -2.41. The molecular weight excluding hydrogens is 442 g/mol. The van der Waals surface area contributed by atoms with E-state index in [0.717, 1.165) is 50.0 Å². The predicted molar refractivity (Wildman–Crippen MR) is 130 cm³/mol. The third-order valence-corrected chi connectivity index (χ3v) is 6.92. The van der Waals surface area contributed by atoms with Gasteiger partial charge in [0.15, 0.2) is 5.11 Å². The van der Waals surface area contributed by atoms with Gasteiger partial charge >= 0.3 is 0 Å². The molecule has 0 bridgehead atoms. The SMILES string of the molecule is O=C(NCc1cccc(F)c1)C(C1CCCC1)N1CCN(C(=S)Nc2ccc(F)cc2)CC1. The number of hydrogen-bond acceptors (Lipinski definition) is 3. The second-order valence-corrected chi connectivity index (χ2v) is 9.18. The van der Waals surface area contributed by atoms with Crippen LogP contribution in [0.25, 0.3) is 0 Å². The number of benzene rings is 2. The van der Waals surface area contributed by atoms with E-state index in [9.17, 15) is 13.6 Å². The molecule has 0 radical (unpaired) electrons. The zero-order chi connectivity index (χ0) is 23.2. The Morgan fingerprint density at radius 2 is 1.70 bits per heavy atom. The lowest BCUT2D eigenvalue weighted by molar-refractivity contribution is -0.129. The minimum Gasteiger partial charge on any atom is -0.351 e. The number of carbonyl (C=O) groups excluding carboxylic acids is 1. The first-order chi connectivity index (χ1) is 16.0. The number of nitrogens with zero attached hydrogens (tertiary/aromatic N) is 2. The van der Waals surface area contributed by atoms with Crippen LogP contribution in [-0.4, -0.2) is 53.0 Å². The van der Waals surface area contributed by atoms with E-state index in [1.165, 1.54) is 24.3 Å². The molecule has 2 N–H and O–H groups in total. The average molecular weight is 473 g/mol. The van der Waals surface area contributed by atoms with E-state index >= 15 is 0 Å². The van der Waals surface area contributed by atoms with E-state index in [2.05, 4.69) is 20.4 Å². The number of amides is 1. The topological polar surface area (TPSA) is 47.6 Å². The van der Waals surface area contributed by atoms with Gasteiger partial charge in [0, 0.05) is 38.4 Å². The quantitative estimate of drug-likeness (QED) is 0.619. The maximum Gasteiger partial charge on any atom is 0.237 e. The Labute approximate surface area is 199 Å². The molecule has 1 amide bonds. The Hall–Kier alpha value is -2.58. The Bertz CT molecular complexity index is 957. The van der Waals surface area contributed by atoms with Crippen molar-refractivity contribution in [1.29, 1.82) is 0 Å². The molecule has 5 nitrogen and oxygen atoms in total. The number of anilines is 1. The molecule has 8 heteroatoms. The first-order valence-electron chi connectivity index (χ1n) is 11.6. The highest BCUT2D eigenvalue weighted by Crippen LogP contribution is 2.31. The second kappa shape index (κ2) is 11.0. The molecule has 33 heavy (non-hydrogen) atoms. The van der Waals surface area contributed by atoms with E-state index in [4.69, 9.17) is 12.2 Å². The third-order valence-electron chi connectivity index (χ3n) is 6.56. The Kier molecular flexibility index (Phi) is 7.88. The van der Waals surface area contributed by atoms with Crippen LogP contribution in [0.4, 0.5) is 14.5 Å². The maximum atomic E-state index is 13.5. The van der Waals surface area contributed by atoms with Gasteiger partial charge in [-0.25, -0.2) is 8.78 Å². The van der Waals surface area contributed by atoms with Gasteiger partial charge in [-0.2, -0.15) is 0 Å². The molecule has 1 aliphatic carbocycles. The van der Waals surface area contributed by atoms with Gasteiger partial charge in [0.25, 0.3) is 0 Å². The fraction of sp³-hybridized carbons (Fsp3) is 0.440. The van der Waals surface area contributed by atoms with Crippen LogP contribution in [0.1, 0.15) is 31.2 Å². The normalized spacial score (nSPS) is 18.2. The summed E-state index contributed by atoms with van der Waals surface area (Å²) in [5.74, 6) is -0.218. The van der Waals surface area contributed by atoms with Crippen molar-refractivity contribution in [3.63, 3.8) is 0 Å². The molecule has 4 rings (SSSR count). The van der Waals surface area contributed by atoms with Crippen LogP contribution in [0.3, 0.4) is 0 Å². The van der Waals surface area contributed by atoms with Crippen LogP contribution >= 0.6 is 12.2 Å². The van der Waals surface area contributed by atoms with Crippen molar-refractivity contribution in [3.05, 3.63) is 65.7 Å². The van der Waals surface area contributed by atoms with Gasteiger partial charge in [-0.05, 0) is 72.9 Å². The van der Waals surface area contributed by atoms with Gasteiger partial charge in [-0.15, -0.1) is 0 Å². The Morgan fingerprint density at radius 3 is 2.36 bits per heavy atom. The Balaban J connectivity index is 1.34. The molecule has 176 valence electrons. The fourth-order valence-electron chi connectivity index (χ4n) is 4.83. The number of rotatable bonds is 6. The van der Waals surface area contributed by atoms with Crippen molar-refractivity contribution in [2.45, 2.75) is 38.3 Å². The molecule has 0 aromatic heterocycles. The molecule has 1 saturated heterocycles. The fourth-order valence-corrected chi connectivity index (χ4v) is 5.13. The molecule has 1 saturated carbocycles. The minimum atomic E-state index is -0.296. The van der Waals surface area contributed by atoms with Gasteiger partial charge in [0.05, 0.1) is 6.04 Å². The molecule has 2 aromatic rings. The first-order valence-corrected chi connectivity index (χ1v) is 12.0. The van der Waals surface area contributed by atoms with Gasteiger partial charge in [-0.1, -0.05) is 25.0 Å². The van der Waals surface area contributed by atoms with Crippen molar-refractivity contribution >= 4 is 28.9 Å². The number of piperazine rings is 1. The monoisotopic (exact) mass is 472 g/mol. The van der Waals surface area contributed by atoms with E-state index in [1.807, 2.05) is 6.07 Å². The van der Waals surface area contributed by atoms with Crippen LogP contribution < -0.4 is 10.6 Å². The van der Waals surface area contributed by atoms with Gasteiger partial charge in [0.1, 0.15) is 11.6 Å². The average Bonchev–Trinajstić information content (AvgIpc) is 3.34. The molecule has 0 spiro atoms. The summed E-state index contributed by atoms with van der Waals surface area (Å²) >= 11 is 5.55. The van der Waals surface area contributed by atoms with Crippen LogP contribution in [0.5, 0.6) is 0 Å². The van der Waals surface area contributed by atoms with E-state index in [-0.39, 0.29) is 23.6 Å². The molecule has 1 unspecified atom stereocenters. The summed E-state index contributed by atoms with van der Waals surface area (Å²) < 4.78 is 26.6. The minimum absolute atomic E-state index is 0.0200. The summed E-state index contributed by atoms with van der Waals surface area (Å²) in [7, 11) is 0. The second-order valence-electron chi connectivity index (χ2n) is 8.80. The van der Waals surface area contributed by atoms with E-state index in [0.29, 0.717) is 30.7 Å². The summed E-state index contributed by atoms with van der Waals surface area (Å²) in [4.78, 5) is 17.6. The molecule has 1 atom stereocenters. The number of halogens is 2. The summed E-state index contributed by atoms with van der Waals surface area (Å²) in [5.41, 5.74) is 1.51. The molecule has 2 fully saturated rings. The largest absolute Gasteiger partial charge is 0.351 e. The standard InChI is InChI=1S/C25H30F2N4OS/c26-20-8-10-22(11-9-20)29-25(33)31-14-12-30(13-15-31)23(19-5-1-2-6-19)24(32)28-17-18-4-3-7-21(27)16-18/h3-4,7-11,16,19,23H,1-2,5-6,12-15,17H2,(H,28,32)(H,29,33). The van der Waals surface area contributed by atoms with E-state index < -0.39 is 0 Å². The van der Waals surface area contributed by atoms with Crippen molar-refractivity contribution < 1.29 is 13.6 Å². The molecule has 1 heterocycles. The zero-order valence-corrected chi connectivity index (χ0v) is 19.4. The van der Waals surface area contributed by atoms with Gasteiger partial charge in [-0.3, -0.25) is 9.69 Å². The van der Waals surface area contributed by atoms with Crippen molar-refractivity contribution in [1.82, 2.24) is 15.1 Å². The van der Waals surface area contributed by atoms with Crippen molar-refractivity contribution in [3.8, 4) is 0 Å². The molecular formula is C25H30F2N4OS. The van der Waals surface area contributed by atoms with Crippen LogP contribution in [0, 0.1) is 17.6 Å². The highest BCUT2D eigenvalue weighted by molar-refractivity contribution is 7.80. The number of carbonyl (C=O) groups is 1. The molecule has 2 aromatic carbocycles. The zero-order valence-electron chi connectivity index (χ0n) is 18.6. The van der Waals surface area contributed by atoms with Crippen LogP contribution in [-0.2, 0) is 11.3 Å². The predicted octanol–water partition coefficient (Wildman–Crippen LogP) is 4.15. The van der Waals surface area contributed by atoms with Gasteiger partial charge < -0.3 is 15.5 Å². The summed E-state index contributed by atoms with van der Waals surface area (Å²) in [6, 6.07) is 12.3. The summed E-state index contributed by atoms with van der Waals surface area (Å²) in [5, 5.41) is 6.81. The smallest absolute Gasteiger partial charge is 0.237 e. The third kappa shape index (κ3) is 6.26. The highest BCUT2D eigenvalue weighted by atomic mass is 32.1. The number of nitrogens with one attached hydrogen (secondary N) is 2. The highest BCUT2D eigenvalue weighted by Gasteiger charge is 2.36. The van der Waals surface area contributed by atoms with Crippen LogP contribution in [0.15, 0.2) is 48.5 Å². The Morgan fingerprint density at radius 1 is 1.00 bits per heavy atom. The van der Waals surface area contributed by atoms with E-state index in [1.54, 1.807) is 18.2 Å². The van der Waals surface area contributed by atoms with Crippen molar-refractivity contribution in [2.75, 3.05) is 31.5 Å². The lowest BCUT2D eigenvalue weighted by Crippen LogP contribution is -2.58. The molecule has 2 aliphatic rings. The van der Waals surface area contributed by atoms with Crippen molar-refractivity contribution in [2.24, 2.45) is 5.92 Å². The van der Waals surface area contributed by atoms with Crippen LogP contribution in [0.2, 0.25) is 0 Å². The lowest BCUT2D eigenvalue weighted by atomic mass is 9.95. The summed E-state index contributed by atoms with van der Waals surface area (Å²) in [6.07, 6.45) is 4.43. The maximum absolute atomic E-state index is 13.5. The molecule has 1 aliphatic heterocycles. The number of hydrogen-bond donors (Lipinski definition) is 2. The number of thiocarbonyl (C=S) groups is 1. The first kappa shape index (κ1) is 23.6. The summed E-state index contributed by atoms with van der Waals surface area (Å²) in [6.45, 7) is 3.23. The van der Waals surface area contributed by atoms with Gasteiger partial charge in [0.2, 0.25) is 5.91 Å².